The number of carboxylic acids is 1. The first-order chi connectivity index (χ1) is 9.42. The summed E-state index contributed by atoms with van der Waals surface area (Å²) < 4.78 is 13.1. The molecule has 108 valence electrons. The molecular formula is C14H15ClFNO3. The smallest absolute Gasteiger partial charge is 0.329 e. The van der Waals surface area contributed by atoms with Gasteiger partial charge in [0.25, 0.3) is 5.91 Å². The number of amides is 1. The number of halogens is 2. The Morgan fingerprint density at radius 2 is 2.20 bits per heavy atom. The maximum absolute atomic E-state index is 13.1. The first kappa shape index (κ1) is 14.8. The topological polar surface area (TPSA) is 57.6 Å². The lowest BCUT2D eigenvalue weighted by molar-refractivity contribution is -0.148. The van der Waals surface area contributed by atoms with E-state index in [2.05, 4.69) is 0 Å². The van der Waals surface area contributed by atoms with Crippen molar-refractivity contribution in [3.05, 3.63) is 34.6 Å². The summed E-state index contributed by atoms with van der Waals surface area (Å²) in [5.41, 5.74) is -0.963. The Bertz CT molecular complexity index is 563. The van der Waals surface area contributed by atoms with Gasteiger partial charge in [-0.25, -0.2) is 9.18 Å². The fourth-order valence-electron chi connectivity index (χ4n) is 2.70. The highest BCUT2D eigenvalue weighted by Crippen LogP contribution is 2.34. The van der Waals surface area contributed by atoms with Crippen LogP contribution in [-0.2, 0) is 4.79 Å². The average Bonchev–Trinajstić information content (AvgIpc) is 2.86. The number of hydrogen-bond donors (Lipinski definition) is 1. The molecule has 1 aliphatic rings. The van der Waals surface area contributed by atoms with Crippen LogP contribution in [0.1, 0.15) is 36.5 Å². The number of carbonyl (C=O) groups excluding carboxylic acids is 1. The van der Waals surface area contributed by atoms with Gasteiger partial charge in [-0.3, -0.25) is 4.79 Å². The normalized spacial score (nSPS) is 22.1. The first-order valence-corrected chi connectivity index (χ1v) is 6.80. The molecule has 1 aromatic rings. The standard InChI is InChI=1S/C14H15ClFNO3/c1-2-14(13(19)20)6-3-7-17(14)12(18)9-4-5-11(16)10(15)8-9/h4-5,8H,2-3,6-7H2,1H3,(H,19,20). The highest BCUT2D eigenvalue weighted by atomic mass is 35.5. The molecule has 1 fully saturated rings. The minimum Gasteiger partial charge on any atom is -0.479 e. The average molecular weight is 300 g/mol. The Morgan fingerprint density at radius 1 is 1.50 bits per heavy atom. The molecule has 0 saturated carbocycles. The van der Waals surface area contributed by atoms with Crippen molar-refractivity contribution < 1.29 is 19.1 Å². The molecule has 1 aliphatic heterocycles. The molecular weight excluding hydrogens is 285 g/mol. The van der Waals surface area contributed by atoms with Crippen LogP contribution in [0.15, 0.2) is 18.2 Å². The number of hydrogen-bond acceptors (Lipinski definition) is 2. The number of benzene rings is 1. The zero-order chi connectivity index (χ0) is 14.9. The van der Waals surface area contributed by atoms with E-state index >= 15 is 0 Å². The minimum atomic E-state index is -1.17. The molecule has 2 rings (SSSR count). The fourth-order valence-corrected chi connectivity index (χ4v) is 2.88. The van der Waals surface area contributed by atoms with E-state index in [0.717, 1.165) is 6.07 Å². The summed E-state index contributed by atoms with van der Waals surface area (Å²) in [5.74, 6) is -2.03. The molecule has 0 spiro atoms. The summed E-state index contributed by atoms with van der Waals surface area (Å²) in [7, 11) is 0. The van der Waals surface area contributed by atoms with E-state index < -0.39 is 23.2 Å². The van der Waals surface area contributed by atoms with E-state index in [1.54, 1.807) is 6.92 Å². The lowest BCUT2D eigenvalue weighted by atomic mass is 9.92. The van der Waals surface area contributed by atoms with Gasteiger partial charge in [-0.05, 0) is 37.5 Å². The van der Waals surface area contributed by atoms with Gasteiger partial charge in [0.05, 0.1) is 5.02 Å². The van der Waals surface area contributed by atoms with Gasteiger partial charge in [0.15, 0.2) is 0 Å². The maximum atomic E-state index is 13.1. The zero-order valence-electron chi connectivity index (χ0n) is 11.0. The monoisotopic (exact) mass is 299 g/mol. The summed E-state index contributed by atoms with van der Waals surface area (Å²) >= 11 is 5.67. The Kier molecular flexibility index (Phi) is 3.99. The van der Waals surface area contributed by atoms with E-state index in [1.165, 1.54) is 17.0 Å². The third-order valence-corrected chi connectivity index (χ3v) is 4.17. The molecule has 0 radical (unpaired) electrons. The number of rotatable bonds is 3. The van der Waals surface area contributed by atoms with Crippen LogP contribution >= 0.6 is 11.6 Å². The molecule has 1 atom stereocenters. The van der Waals surface area contributed by atoms with Crippen molar-refractivity contribution in [2.75, 3.05) is 6.54 Å². The van der Waals surface area contributed by atoms with Crippen molar-refractivity contribution in [2.24, 2.45) is 0 Å². The minimum absolute atomic E-state index is 0.146. The van der Waals surface area contributed by atoms with Crippen LogP contribution in [-0.4, -0.2) is 34.0 Å². The van der Waals surface area contributed by atoms with Crippen molar-refractivity contribution >= 4 is 23.5 Å². The second-order valence-corrected chi connectivity index (χ2v) is 5.29. The van der Waals surface area contributed by atoms with Gasteiger partial charge in [0.2, 0.25) is 0 Å². The fraction of sp³-hybridized carbons (Fsp3) is 0.429. The SMILES string of the molecule is CCC1(C(=O)O)CCCN1C(=O)c1ccc(F)c(Cl)c1. The molecule has 1 N–H and O–H groups in total. The molecule has 1 unspecified atom stereocenters. The summed E-state index contributed by atoms with van der Waals surface area (Å²) in [6.07, 6.45) is 1.41. The van der Waals surface area contributed by atoms with Crippen LogP contribution in [0, 0.1) is 5.82 Å². The molecule has 1 saturated heterocycles. The summed E-state index contributed by atoms with van der Waals surface area (Å²) in [5, 5.41) is 9.30. The van der Waals surface area contributed by atoms with Crippen molar-refractivity contribution in [1.82, 2.24) is 4.90 Å². The number of carboxylic acid groups (broad SMARTS) is 1. The Morgan fingerprint density at radius 3 is 2.75 bits per heavy atom. The highest BCUT2D eigenvalue weighted by Gasteiger charge is 2.48. The van der Waals surface area contributed by atoms with E-state index in [0.29, 0.717) is 25.8 Å². The highest BCUT2D eigenvalue weighted by molar-refractivity contribution is 6.31. The van der Waals surface area contributed by atoms with Crippen LogP contribution in [0.4, 0.5) is 4.39 Å². The van der Waals surface area contributed by atoms with E-state index in [-0.39, 0.29) is 10.6 Å². The van der Waals surface area contributed by atoms with Gasteiger partial charge >= 0.3 is 5.97 Å². The van der Waals surface area contributed by atoms with Gasteiger partial charge in [0, 0.05) is 12.1 Å². The number of nitrogens with zero attached hydrogens (tertiary/aromatic N) is 1. The lowest BCUT2D eigenvalue weighted by Crippen LogP contribution is -2.52. The molecule has 0 aliphatic carbocycles. The molecule has 4 nitrogen and oxygen atoms in total. The number of aliphatic carboxylic acids is 1. The van der Waals surface area contributed by atoms with Gasteiger partial charge < -0.3 is 10.0 Å². The van der Waals surface area contributed by atoms with Gasteiger partial charge in [0.1, 0.15) is 11.4 Å². The van der Waals surface area contributed by atoms with Crippen molar-refractivity contribution in [3.8, 4) is 0 Å². The van der Waals surface area contributed by atoms with Crippen molar-refractivity contribution in [1.29, 1.82) is 0 Å². The van der Waals surface area contributed by atoms with E-state index in [9.17, 15) is 19.1 Å². The molecule has 1 heterocycles. The Balaban J connectivity index is 2.36. The second-order valence-electron chi connectivity index (χ2n) is 4.88. The second kappa shape index (κ2) is 5.40. The van der Waals surface area contributed by atoms with Crippen LogP contribution in [0.25, 0.3) is 0 Å². The quantitative estimate of drug-likeness (QED) is 0.933. The van der Waals surface area contributed by atoms with E-state index in [1.807, 2.05) is 0 Å². The van der Waals surface area contributed by atoms with Crippen molar-refractivity contribution in [3.63, 3.8) is 0 Å². The molecule has 1 amide bonds. The molecule has 20 heavy (non-hydrogen) atoms. The van der Waals surface area contributed by atoms with Crippen LogP contribution in [0.3, 0.4) is 0 Å². The summed E-state index contributed by atoms with van der Waals surface area (Å²) in [6.45, 7) is 2.13. The maximum Gasteiger partial charge on any atom is 0.329 e. The Hall–Kier alpha value is -1.62. The summed E-state index contributed by atoms with van der Waals surface area (Å²) in [4.78, 5) is 25.4. The van der Waals surface area contributed by atoms with Crippen LogP contribution in [0.5, 0.6) is 0 Å². The summed E-state index contributed by atoms with van der Waals surface area (Å²) in [6, 6.07) is 3.67. The van der Waals surface area contributed by atoms with Crippen molar-refractivity contribution in [2.45, 2.75) is 31.7 Å². The van der Waals surface area contributed by atoms with Gasteiger partial charge in [-0.1, -0.05) is 18.5 Å². The van der Waals surface area contributed by atoms with Gasteiger partial charge in [-0.2, -0.15) is 0 Å². The molecule has 0 aromatic heterocycles. The Labute approximate surface area is 121 Å². The predicted molar refractivity (Wildman–Crippen MR) is 72.3 cm³/mol. The van der Waals surface area contributed by atoms with Crippen LogP contribution < -0.4 is 0 Å². The number of carbonyl (C=O) groups is 2. The number of likely N-dealkylation sites (tertiary alicyclic amines) is 1. The molecule has 0 bridgehead atoms. The first-order valence-electron chi connectivity index (χ1n) is 6.43. The zero-order valence-corrected chi connectivity index (χ0v) is 11.8. The largest absolute Gasteiger partial charge is 0.479 e. The lowest BCUT2D eigenvalue weighted by Gasteiger charge is -2.34. The molecule has 6 heteroatoms. The molecule has 1 aromatic carbocycles. The third-order valence-electron chi connectivity index (χ3n) is 3.88. The predicted octanol–water partition coefficient (Wildman–Crippen LogP) is 2.95. The van der Waals surface area contributed by atoms with Gasteiger partial charge in [-0.15, -0.1) is 0 Å². The van der Waals surface area contributed by atoms with Crippen LogP contribution in [0.2, 0.25) is 5.02 Å². The third kappa shape index (κ3) is 2.26. The van der Waals surface area contributed by atoms with E-state index in [4.69, 9.17) is 11.6 Å².